The third-order valence-electron chi connectivity index (χ3n) is 9.83. The molecule has 13 heteroatoms. The standard InChI is InChI=1S/C39H35F4N5O4/c1-6-29(50)46-18-24-19-52-37-31(23-9-8-13-44-16-23)33(30-21(4)12-14-45-34(30)20(2)3)32-25(35(37)47(24)17-22(46)5)15-28(39(41,42)43)48(38(32)51)36-26(40)10-7-11-27(36)49/h6-16,20,22,24,49H,1,17-19H2,2-5H3. The van der Waals surface area contributed by atoms with Crippen molar-refractivity contribution < 1.29 is 32.2 Å². The zero-order valence-corrected chi connectivity index (χ0v) is 28.8. The number of phenolic OH excluding ortho intramolecular Hbond substituents is 1. The number of para-hydroxylation sites is 1. The number of benzene rings is 2. The molecule has 0 spiro atoms. The second-order valence-corrected chi connectivity index (χ2v) is 13.4. The Hall–Kier alpha value is -5.72. The Balaban J connectivity index is 1.74. The van der Waals surface area contributed by atoms with E-state index >= 15 is 22.4 Å². The number of ether oxygens (including phenoxy) is 1. The van der Waals surface area contributed by atoms with Gasteiger partial charge in [0.1, 0.15) is 23.7 Å². The minimum absolute atomic E-state index is 0.0776. The average molecular weight is 714 g/mol. The summed E-state index contributed by atoms with van der Waals surface area (Å²) in [5.41, 5.74) is -0.487. The molecular weight excluding hydrogens is 678 g/mol. The third kappa shape index (κ3) is 5.46. The predicted molar refractivity (Wildman–Crippen MR) is 189 cm³/mol. The molecule has 52 heavy (non-hydrogen) atoms. The minimum atomic E-state index is -5.18. The first kappa shape index (κ1) is 34.7. The van der Waals surface area contributed by atoms with Crippen molar-refractivity contribution in [1.29, 1.82) is 0 Å². The Labute approximate surface area is 296 Å². The lowest BCUT2D eigenvalue weighted by Crippen LogP contribution is -2.61. The van der Waals surface area contributed by atoms with E-state index < -0.39 is 46.8 Å². The number of hydrogen-bond acceptors (Lipinski definition) is 7. The van der Waals surface area contributed by atoms with Crippen molar-refractivity contribution in [3.05, 3.63) is 107 Å². The normalized spacial score (nSPS) is 17.2. The van der Waals surface area contributed by atoms with Crippen LogP contribution in [0, 0.1) is 12.7 Å². The summed E-state index contributed by atoms with van der Waals surface area (Å²) in [6.45, 7) is 11.6. The van der Waals surface area contributed by atoms with E-state index in [1.165, 1.54) is 6.08 Å². The van der Waals surface area contributed by atoms with Crippen molar-refractivity contribution in [2.45, 2.75) is 51.9 Å². The van der Waals surface area contributed by atoms with Crippen LogP contribution in [0.5, 0.6) is 11.5 Å². The molecule has 2 unspecified atom stereocenters. The number of rotatable bonds is 5. The van der Waals surface area contributed by atoms with Gasteiger partial charge in [-0.15, -0.1) is 0 Å². The fourth-order valence-electron chi connectivity index (χ4n) is 7.54. The Bertz CT molecular complexity index is 2300. The van der Waals surface area contributed by atoms with Gasteiger partial charge in [-0.1, -0.05) is 32.6 Å². The summed E-state index contributed by atoms with van der Waals surface area (Å²) in [6, 6.07) is 8.20. The summed E-state index contributed by atoms with van der Waals surface area (Å²) < 4.78 is 68.1. The van der Waals surface area contributed by atoms with Crippen LogP contribution in [0.1, 0.15) is 43.6 Å². The molecule has 1 fully saturated rings. The Kier molecular flexibility index (Phi) is 8.55. The van der Waals surface area contributed by atoms with Crippen molar-refractivity contribution in [2.75, 3.05) is 24.6 Å². The van der Waals surface area contributed by atoms with E-state index in [-0.39, 0.29) is 63.9 Å². The van der Waals surface area contributed by atoms with E-state index in [9.17, 15) is 9.90 Å². The molecular formula is C39H35F4N5O4. The van der Waals surface area contributed by atoms with Crippen LogP contribution in [-0.4, -0.2) is 62.2 Å². The van der Waals surface area contributed by atoms with Gasteiger partial charge in [0.25, 0.3) is 5.56 Å². The Morgan fingerprint density at radius 3 is 2.50 bits per heavy atom. The fraction of sp³-hybridized carbons (Fsp3) is 0.282. The minimum Gasteiger partial charge on any atom is -0.506 e. The second-order valence-electron chi connectivity index (χ2n) is 13.4. The van der Waals surface area contributed by atoms with Crippen molar-refractivity contribution in [3.63, 3.8) is 0 Å². The highest BCUT2D eigenvalue weighted by Gasteiger charge is 2.44. The summed E-state index contributed by atoms with van der Waals surface area (Å²) in [6.07, 6.45) is 0.814. The van der Waals surface area contributed by atoms with E-state index in [0.717, 1.165) is 24.3 Å². The molecule has 7 rings (SSSR count). The monoisotopic (exact) mass is 713 g/mol. The highest BCUT2D eigenvalue weighted by Crippen LogP contribution is 2.54. The van der Waals surface area contributed by atoms with Crippen LogP contribution in [-0.2, 0) is 11.0 Å². The number of aromatic hydroxyl groups is 1. The van der Waals surface area contributed by atoms with E-state index in [4.69, 9.17) is 4.74 Å². The van der Waals surface area contributed by atoms with Gasteiger partial charge in [0, 0.05) is 65.4 Å². The number of pyridine rings is 3. The number of amides is 1. The first-order valence-corrected chi connectivity index (χ1v) is 16.8. The van der Waals surface area contributed by atoms with Crippen molar-refractivity contribution in [2.24, 2.45) is 0 Å². The van der Waals surface area contributed by atoms with E-state index in [2.05, 4.69) is 16.5 Å². The number of nitrogens with zero attached hydrogens (tertiary/aromatic N) is 5. The molecule has 0 saturated carbocycles. The SMILES string of the molecule is C=CC(=O)N1CC2COc3c(-c4cccnc4)c(-c4c(C)ccnc4C(C)C)c4c(=O)n(-c5c(O)cccc5F)c(C(F)(F)F)cc4c3N2CC1C. The maximum Gasteiger partial charge on any atom is 0.431 e. The molecule has 1 amide bonds. The Morgan fingerprint density at radius 2 is 1.85 bits per heavy atom. The van der Waals surface area contributed by atoms with E-state index in [1.54, 1.807) is 41.7 Å². The summed E-state index contributed by atoms with van der Waals surface area (Å²) in [4.78, 5) is 40.5. The number of carbonyl (C=O) groups is 1. The van der Waals surface area contributed by atoms with Crippen LogP contribution in [0.2, 0.25) is 0 Å². The Morgan fingerprint density at radius 1 is 1.08 bits per heavy atom. The molecule has 5 aromatic rings. The summed E-state index contributed by atoms with van der Waals surface area (Å²) in [7, 11) is 0. The maximum atomic E-state index is 15.6. The maximum absolute atomic E-state index is 15.6. The first-order chi connectivity index (χ1) is 24.7. The molecule has 0 bridgehead atoms. The van der Waals surface area contributed by atoms with Crippen molar-refractivity contribution in [1.82, 2.24) is 19.4 Å². The van der Waals surface area contributed by atoms with Crippen molar-refractivity contribution >= 4 is 22.4 Å². The molecule has 1 saturated heterocycles. The number of carbonyl (C=O) groups excluding carboxylic acids is 1. The van der Waals surface area contributed by atoms with Crippen LogP contribution in [0.3, 0.4) is 0 Å². The quantitative estimate of drug-likeness (QED) is 0.150. The number of hydrogen-bond donors (Lipinski definition) is 1. The summed E-state index contributed by atoms with van der Waals surface area (Å²) in [5, 5.41) is 10.6. The molecule has 2 atom stereocenters. The number of piperazine rings is 1. The van der Waals surface area contributed by atoms with Gasteiger partial charge in [-0.25, -0.2) is 4.39 Å². The molecule has 268 valence electrons. The number of anilines is 1. The number of fused-ring (bicyclic) bond motifs is 5. The van der Waals surface area contributed by atoms with Crippen LogP contribution in [0.25, 0.3) is 38.7 Å². The molecule has 0 aliphatic carbocycles. The number of phenols is 1. The fourth-order valence-corrected chi connectivity index (χ4v) is 7.54. The highest BCUT2D eigenvalue weighted by atomic mass is 19.4. The number of alkyl halides is 3. The van der Waals surface area contributed by atoms with Gasteiger partial charge in [0.15, 0.2) is 11.6 Å². The summed E-state index contributed by atoms with van der Waals surface area (Å²) in [5.74, 6) is -2.33. The van der Waals surface area contributed by atoms with E-state index in [0.29, 0.717) is 27.9 Å². The van der Waals surface area contributed by atoms with E-state index in [1.807, 2.05) is 32.6 Å². The lowest BCUT2D eigenvalue weighted by Gasteiger charge is -2.49. The smallest absolute Gasteiger partial charge is 0.431 e. The van der Waals surface area contributed by atoms with Crippen LogP contribution >= 0.6 is 0 Å². The van der Waals surface area contributed by atoms with Gasteiger partial charge in [0.05, 0.1) is 22.8 Å². The topological polar surface area (TPSA) is 101 Å². The molecule has 1 N–H and O–H groups in total. The first-order valence-electron chi connectivity index (χ1n) is 16.8. The van der Waals surface area contributed by atoms with Crippen molar-refractivity contribution in [3.8, 4) is 39.4 Å². The van der Waals surface area contributed by atoms with Gasteiger partial charge >= 0.3 is 6.18 Å². The molecule has 5 heterocycles. The molecule has 9 nitrogen and oxygen atoms in total. The molecule has 0 radical (unpaired) electrons. The van der Waals surface area contributed by atoms with Gasteiger partial charge < -0.3 is 19.6 Å². The third-order valence-corrected chi connectivity index (χ3v) is 9.83. The zero-order valence-electron chi connectivity index (χ0n) is 28.8. The number of aryl methyl sites for hydroxylation is 1. The average Bonchev–Trinajstić information content (AvgIpc) is 3.10. The van der Waals surface area contributed by atoms with Gasteiger partial charge in [-0.05, 0) is 61.7 Å². The van der Waals surface area contributed by atoms with Crippen LogP contribution < -0.4 is 15.2 Å². The zero-order chi connectivity index (χ0) is 37.2. The number of aromatic nitrogens is 3. The highest BCUT2D eigenvalue weighted by molar-refractivity contribution is 6.14. The van der Waals surface area contributed by atoms with Crippen LogP contribution in [0.15, 0.2) is 78.5 Å². The molecule has 2 aromatic carbocycles. The lowest BCUT2D eigenvalue weighted by atomic mass is 9.83. The summed E-state index contributed by atoms with van der Waals surface area (Å²) >= 11 is 0. The molecule has 2 aliphatic heterocycles. The van der Waals surface area contributed by atoms with Gasteiger partial charge in [0.2, 0.25) is 5.91 Å². The van der Waals surface area contributed by atoms with Gasteiger partial charge in [-0.3, -0.25) is 24.1 Å². The predicted octanol–water partition coefficient (Wildman–Crippen LogP) is 7.39. The molecule has 3 aromatic heterocycles. The van der Waals surface area contributed by atoms with Crippen LogP contribution in [0.4, 0.5) is 23.2 Å². The second kappa shape index (κ2) is 12.8. The van der Waals surface area contributed by atoms with Gasteiger partial charge in [-0.2, -0.15) is 13.2 Å². The lowest BCUT2D eigenvalue weighted by molar-refractivity contribution is -0.142. The molecule has 2 aliphatic rings. The largest absolute Gasteiger partial charge is 0.506 e. The number of halogens is 4.